The minimum Gasteiger partial charge on any atom is -0.375 e. The van der Waals surface area contributed by atoms with E-state index in [9.17, 15) is 0 Å². The highest BCUT2D eigenvalue weighted by molar-refractivity contribution is 6.90. The Morgan fingerprint density at radius 3 is 1.59 bits per heavy atom. The highest BCUT2D eigenvalue weighted by Gasteiger charge is 2.44. The summed E-state index contributed by atoms with van der Waals surface area (Å²) in [5, 5.41) is 5.48. The van der Waals surface area contributed by atoms with Crippen molar-refractivity contribution in [3.8, 4) is 27.9 Å². The van der Waals surface area contributed by atoms with E-state index in [-0.39, 0.29) is 39.3 Å². The minimum atomic E-state index is -0.0514. The van der Waals surface area contributed by atoms with E-state index in [1.165, 1.54) is 129 Å². The fraction of sp³-hybridized carbons (Fsp3) is 0.400. The van der Waals surface area contributed by atoms with Crippen LogP contribution in [0.25, 0.3) is 71.6 Å². The van der Waals surface area contributed by atoms with Gasteiger partial charge < -0.3 is 9.05 Å². The smallest absolute Gasteiger partial charge is 0.333 e. The van der Waals surface area contributed by atoms with Crippen molar-refractivity contribution in [2.75, 3.05) is 0 Å². The highest BCUT2D eigenvalue weighted by Crippen LogP contribution is 2.51. The van der Waals surface area contributed by atoms with E-state index >= 15 is 0 Å². The summed E-state index contributed by atoms with van der Waals surface area (Å²) in [5.74, 6) is 0. The maximum Gasteiger partial charge on any atom is 0.333 e. The van der Waals surface area contributed by atoms with E-state index in [4.69, 9.17) is 0 Å². The zero-order valence-corrected chi connectivity index (χ0v) is 41.0. The Labute approximate surface area is 377 Å². The van der Waals surface area contributed by atoms with Crippen LogP contribution in [-0.2, 0) is 32.5 Å². The summed E-state index contributed by atoms with van der Waals surface area (Å²) in [6, 6.07) is 37.5. The van der Waals surface area contributed by atoms with Crippen LogP contribution in [0.15, 0.2) is 91.0 Å². The van der Waals surface area contributed by atoms with Crippen molar-refractivity contribution in [1.82, 2.24) is 9.05 Å². The first-order valence-electron chi connectivity index (χ1n) is 23.8. The number of hydrogen-bond donors (Lipinski definition) is 0. The van der Waals surface area contributed by atoms with Gasteiger partial charge in [0.2, 0.25) is 0 Å². The lowest BCUT2D eigenvalue weighted by molar-refractivity contribution is 0.332. The standard InChI is InChI=1S/C60H67BN2/c1-55(2,3)36-19-17-34(18-20-36)35-25-43-41-32-46-47(60(15,16)24-23-59(46,13)14)33-50(41)62-51-31-39(58(10,11)12)28-42-45-30-38(57(7,8)9)29-44-40-27-37(56(4,5)6)21-22-49(40)63(53(44)45)61(52(42)51)48(26-35)54(43)62/h17-22,25-33H,23-24H2,1-16H3. The Bertz CT molecular complexity index is 3290. The summed E-state index contributed by atoms with van der Waals surface area (Å²) in [6.45, 7) is 38.2. The molecule has 0 atom stereocenters. The van der Waals surface area contributed by atoms with Gasteiger partial charge in [0.1, 0.15) is 0 Å². The third kappa shape index (κ3) is 5.76. The molecule has 11 rings (SSSR count). The average molecular weight is 827 g/mol. The van der Waals surface area contributed by atoms with Crippen LogP contribution >= 0.6 is 0 Å². The van der Waals surface area contributed by atoms with E-state index in [1.807, 2.05) is 0 Å². The predicted octanol–water partition coefficient (Wildman–Crippen LogP) is 15.0. The average Bonchev–Trinajstić information content (AvgIpc) is 3.70. The molecule has 63 heavy (non-hydrogen) atoms. The van der Waals surface area contributed by atoms with Gasteiger partial charge in [-0.15, -0.1) is 0 Å². The van der Waals surface area contributed by atoms with Gasteiger partial charge in [-0.05, 0) is 155 Å². The van der Waals surface area contributed by atoms with Crippen molar-refractivity contribution in [2.45, 2.75) is 156 Å². The van der Waals surface area contributed by atoms with Crippen molar-refractivity contribution < 1.29 is 0 Å². The highest BCUT2D eigenvalue weighted by atomic mass is 15.0. The lowest BCUT2D eigenvalue weighted by Gasteiger charge is -2.42. The number of hydrogen-bond acceptors (Lipinski definition) is 0. The van der Waals surface area contributed by atoms with Gasteiger partial charge in [0.15, 0.2) is 0 Å². The Morgan fingerprint density at radius 1 is 0.444 bits per heavy atom. The molecule has 3 aliphatic rings. The van der Waals surface area contributed by atoms with Crippen molar-refractivity contribution in [3.05, 3.63) is 124 Å². The third-order valence-electron chi connectivity index (χ3n) is 16.0. The molecule has 0 radical (unpaired) electrons. The van der Waals surface area contributed by atoms with Gasteiger partial charge in [-0.2, -0.15) is 0 Å². The monoisotopic (exact) mass is 827 g/mol. The van der Waals surface area contributed by atoms with Crippen LogP contribution in [0.3, 0.4) is 0 Å². The van der Waals surface area contributed by atoms with Crippen LogP contribution in [0.2, 0.25) is 0 Å². The van der Waals surface area contributed by atoms with Gasteiger partial charge in [-0.1, -0.05) is 153 Å². The second-order valence-corrected chi connectivity index (χ2v) is 25.4. The van der Waals surface area contributed by atoms with Gasteiger partial charge >= 0.3 is 6.85 Å². The van der Waals surface area contributed by atoms with Crippen LogP contribution in [-0.4, -0.2) is 15.9 Å². The zero-order chi connectivity index (χ0) is 44.9. The molecular formula is C60H67BN2. The van der Waals surface area contributed by atoms with Crippen LogP contribution in [0.4, 0.5) is 0 Å². The molecule has 8 aromatic rings. The summed E-state index contributed by atoms with van der Waals surface area (Å²) < 4.78 is 5.51. The van der Waals surface area contributed by atoms with E-state index in [1.54, 1.807) is 0 Å². The molecular weight excluding hydrogens is 759 g/mol. The zero-order valence-electron chi connectivity index (χ0n) is 41.0. The first-order chi connectivity index (χ1) is 29.2. The number of rotatable bonds is 1. The molecule has 6 aromatic carbocycles. The fourth-order valence-corrected chi connectivity index (χ4v) is 11.8. The first-order valence-corrected chi connectivity index (χ1v) is 23.8. The van der Waals surface area contributed by atoms with E-state index < -0.39 is 0 Å². The summed E-state index contributed by atoms with van der Waals surface area (Å²) in [7, 11) is 0. The number of aromatic nitrogens is 2. The SMILES string of the molecule is CC(C)(C)c1ccc(-c2cc3c4c(c2)c2cc5c(cc2n4-c2cc(C(C)(C)C)cc4c2B3n2c3ccc(C(C)(C)C)cc3c3cc(C(C)(C)C)cc-4c32)C(C)(C)CCC5(C)C)cc1. The van der Waals surface area contributed by atoms with Gasteiger partial charge in [-0.3, -0.25) is 0 Å². The summed E-state index contributed by atoms with van der Waals surface area (Å²) >= 11 is 0. The van der Waals surface area contributed by atoms with Gasteiger partial charge in [0.25, 0.3) is 0 Å². The first kappa shape index (κ1) is 40.7. The molecule has 1 aliphatic carbocycles. The largest absolute Gasteiger partial charge is 0.375 e. The summed E-state index contributed by atoms with van der Waals surface area (Å²) in [5.41, 5.74) is 23.7. The third-order valence-corrected chi connectivity index (χ3v) is 16.0. The normalized spacial score (nSPS) is 16.7. The molecule has 0 saturated heterocycles. The van der Waals surface area contributed by atoms with E-state index in [0.29, 0.717) is 0 Å². The molecule has 0 N–H and O–H groups in total. The van der Waals surface area contributed by atoms with Crippen LogP contribution in [0.1, 0.15) is 157 Å². The van der Waals surface area contributed by atoms with Crippen LogP contribution < -0.4 is 10.9 Å². The van der Waals surface area contributed by atoms with Gasteiger partial charge in [-0.25, -0.2) is 0 Å². The molecule has 0 fully saturated rings. The minimum absolute atomic E-state index is 0.00638. The van der Waals surface area contributed by atoms with Crippen molar-refractivity contribution >= 4 is 61.4 Å². The molecule has 0 bridgehead atoms. The van der Waals surface area contributed by atoms with Crippen molar-refractivity contribution in [3.63, 3.8) is 0 Å². The Balaban J connectivity index is 1.36. The van der Waals surface area contributed by atoms with Crippen LogP contribution in [0.5, 0.6) is 0 Å². The maximum atomic E-state index is 2.78. The molecule has 4 heterocycles. The Morgan fingerprint density at radius 2 is 0.968 bits per heavy atom. The summed E-state index contributed by atoms with van der Waals surface area (Å²) in [6.07, 6.45) is 2.38. The second kappa shape index (κ2) is 12.4. The lowest BCUT2D eigenvalue weighted by Crippen LogP contribution is -2.55. The molecule has 0 saturated carbocycles. The molecule has 3 heteroatoms. The topological polar surface area (TPSA) is 9.86 Å². The maximum absolute atomic E-state index is 2.78. The molecule has 0 unspecified atom stereocenters. The molecule has 2 aliphatic heterocycles. The molecule has 2 nitrogen and oxygen atoms in total. The predicted molar refractivity (Wildman–Crippen MR) is 275 cm³/mol. The fourth-order valence-electron chi connectivity index (χ4n) is 11.8. The number of fused-ring (bicyclic) bond motifs is 11. The number of benzene rings is 6. The van der Waals surface area contributed by atoms with Crippen molar-refractivity contribution in [2.24, 2.45) is 0 Å². The van der Waals surface area contributed by atoms with E-state index in [0.717, 1.165) is 0 Å². The quantitative estimate of drug-likeness (QED) is 0.146. The molecule has 320 valence electrons. The molecule has 2 aromatic heterocycles. The Hall–Kier alpha value is -5.02. The lowest BCUT2D eigenvalue weighted by atomic mass is 9.45. The van der Waals surface area contributed by atoms with Crippen molar-refractivity contribution in [1.29, 1.82) is 0 Å². The molecule has 0 amide bonds. The Kier molecular flexibility index (Phi) is 8.02. The number of nitrogens with zero attached hydrogens (tertiary/aromatic N) is 2. The van der Waals surface area contributed by atoms with Gasteiger partial charge in [0.05, 0.1) is 11.0 Å². The second-order valence-electron chi connectivity index (χ2n) is 25.4. The van der Waals surface area contributed by atoms with Gasteiger partial charge in [0, 0.05) is 43.8 Å². The molecule has 0 spiro atoms. The summed E-state index contributed by atoms with van der Waals surface area (Å²) in [4.78, 5) is 0. The van der Waals surface area contributed by atoms with Crippen LogP contribution in [0, 0.1) is 0 Å². The van der Waals surface area contributed by atoms with E-state index in [2.05, 4.69) is 211 Å².